The Morgan fingerprint density at radius 2 is 2.14 bits per heavy atom. The highest BCUT2D eigenvalue weighted by atomic mass is 35.5. The lowest BCUT2D eigenvalue weighted by molar-refractivity contribution is 0.178. The van der Waals surface area contributed by atoms with Gasteiger partial charge in [-0.1, -0.05) is 11.6 Å². The van der Waals surface area contributed by atoms with E-state index in [0.717, 1.165) is 22.7 Å². The lowest BCUT2D eigenvalue weighted by atomic mass is 10.3. The topological polar surface area (TPSA) is 64.9 Å². The molecule has 0 saturated heterocycles. The van der Waals surface area contributed by atoms with Crippen LogP contribution in [0.4, 0.5) is 5.82 Å². The van der Waals surface area contributed by atoms with Gasteiger partial charge in [0.15, 0.2) is 5.82 Å². The summed E-state index contributed by atoms with van der Waals surface area (Å²) in [7, 11) is 3.60. The van der Waals surface area contributed by atoms with Crippen LogP contribution in [0.25, 0.3) is 11.0 Å². The van der Waals surface area contributed by atoms with E-state index in [1.165, 1.54) is 0 Å². The van der Waals surface area contributed by atoms with Crippen molar-refractivity contribution in [2.45, 2.75) is 13.2 Å². The Morgan fingerprint density at radius 1 is 1.27 bits per heavy atom. The molecule has 3 rings (SSSR count). The van der Waals surface area contributed by atoms with Gasteiger partial charge in [0.25, 0.3) is 0 Å². The molecule has 22 heavy (non-hydrogen) atoms. The normalized spacial score (nSPS) is 11.0. The first-order valence-corrected chi connectivity index (χ1v) is 7.21. The summed E-state index contributed by atoms with van der Waals surface area (Å²) in [6.07, 6.45) is 1.71. The molecule has 7 heteroatoms. The SMILES string of the molecule is COCc1nccc(NCc2nc3cc(Cl)ccc3n2C)n1. The van der Waals surface area contributed by atoms with Gasteiger partial charge in [0.05, 0.1) is 17.6 Å². The standard InChI is InChI=1S/C15H16ClN5O/c1-21-12-4-3-10(16)7-11(12)19-15(21)8-18-13-5-6-17-14(20-13)9-22-2/h3-7H,8-9H2,1-2H3,(H,17,18,20). The van der Waals surface area contributed by atoms with Crippen LogP contribution in [0.1, 0.15) is 11.6 Å². The zero-order valence-corrected chi connectivity index (χ0v) is 13.1. The highest BCUT2D eigenvalue weighted by molar-refractivity contribution is 6.31. The summed E-state index contributed by atoms with van der Waals surface area (Å²) < 4.78 is 7.07. The van der Waals surface area contributed by atoms with Crippen molar-refractivity contribution < 1.29 is 4.74 Å². The second-order valence-corrected chi connectivity index (χ2v) is 5.30. The van der Waals surface area contributed by atoms with Crippen molar-refractivity contribution in [2.24, 2.45) is 7.05 Å². The fourth-order valence-electron chi connectivity index (χ4n) is 2.25. The van der Waals surface area contributed by atoms with E-state index in [2.05, 4.69) is 20.3 Å². The van der Waals surface area contributed by atoms with Crippen LogP contribution in [-0.4, -0.2) is 26.6 Å². The predicted molar refractivity (Wildman–Crippen MR) is 85.8 cm³/mol. The minimum Gasteiger partial charge on any atom is -0.377 e. The predicted octanol–water partition coefficient (Wildman–Crippen LogP) is 2.78. The van der Waals surface area contributed by atoms with Crippen LogP contribution < -0.4 is 5.32 Å². The number of benzene rings is 1. The summed E-state index contributed by atoms with van der Waals surface area (Å²) in [4.78, 5) is 13.1. The van der Waals surface area contributed by atoms with Crippen molar-refractivity contribution in [3.05, 3.63) is 47.1 Å². The van der Waals surface area contributed by atoms with Gasteiger partial charge in [-0.05, 0) is 24.3 Å². The molecule has 2 aromatic heterocycles. The number of fused-ring (bicyclic) bond motifs is 1. The average Bonchev–Trinajstić information content (AvgIpc) is 2.81. The van der Waals surface area contributed by atoms with E-state index < -0.39 is 0 Å². The van der Waals surface area contributed by atoms with Crippen LogP contribution in [0, 0.1) is 0 Å². The lowest BCUT2D eigenvalue weighted by Crippen LogP contribution is -2.08. The van der Waals surface area contributed by atoms with Crippen LogP contribution in [0.2, 0.25) is 5.02 Å². The summed E-state index contributed by atoms with van der Waals surface area (Å²) in [6.45, 7) is 0.951. The molecule has 0 fully saturated rings. The summed E-state index contributed by atoms with van der Waals surface area (Å²) in [5, 5.41) is 3.94. The lowest BCUT2D eigenvalue weighted by Gasteiger charge is -2.07. The van der Waals surface area contributed by atoms with Gasteiger partial charge in [0, 0.05) is 25.4 Å². The molecule has 2 heterocycles. The molecule has 0 unspecified atom stereocenters. The van der Waals surface area contributed by atoms with Gasteiger partial charge >= 0.3 is 0 Å². The van der Waals surface area contributed by atoms with E-state index in [-0.39, 0.29) is 0 Å². The monoisotopic (exact) mass is 317 g/mol. The number of aryl methyl sites for hydroxylation is 1. The van der Waals surface area contributed by atoms with Gasteiger partial charge in [0.1, 0.15) is 18.2 Å². The number of rotatable bonds is 5. The summed E-state index contributed by atoms with van der Waals surface area (Å²) in [5.74, 6) is 2.29. The largest absolute Gasteiger partial charge is 0.377 e. The highest BCUT2D eigenvalue weighted by Crippen LogP contribution is 2.20. The number of nitrogens with zero attached hydrogens (tertiary/aromatic N) is 4. The number of halogens is 1. The molecule has 0 aliphatic heterocycles. The van der Waals surface area contributed by atoms with E-state index in [1.807, 2.05) is 35.9 Å². The molecule has 1 N–H and O–H groups in total. The Hall–Kier alpha value is -2.18. The van der Waals surface area contributed by atoms with Gasteiger partial charge in [-0.15, -0.1) is 0 Å². The van der Waals surface area contributed by atoms with E-state index in [1.54, 1.807) is 13.3 Å². The third-order valence-electron chi connectivity index (χ3n) is 3.34. The molecule has 114 valence electrons. The Bertz CT molecular complexity index is 802. The molecule has 0 spiro atoms. The van der Waals surface area contributed by atoms with Gasteiger partial charge < -0.3 is 14.6 Å². The Morgan fingerprint density at radius 3 is 2.95 bits per heavy atom. The van der Waals surface area contributed by atoms with E-state index in [4.69, 9.17) is 16.3 Å². The fourth-order valence-corrected chi connectivity index (χ4v) is 2.41. The van der Waals surface area contributed by atoms with Gasteiger partial charge in [-0.3, -0.25) is 0 Å². The second-order valence-electron chi connectivity index (χ2n) is 4.86. The highest BCUT2D eigenvalue weighted by Gasteiger charge is 2.08. The number of nitrogens with one attached hydrogen (secondary N) is 1. The molecule has 6 nitrogen and oxygen atoms in total. The van der Waals surface area contributed by atoms with Crippen LogP contribution in [0.15, 0.2) is 30.5 Å². The Kier molecular flexibility index (Phi) is 4.22. The molecular weight excluding hydrogens is 302 g/mol. The maximum Gasteiger partial charge on any atom is 0.156 e. The molecule has 0 aliphatic rings. The Labute approximate surface area is 133 Å². The number of imidazole rings is 1. The minimum absolute atomic E-state index is 0.389. The number of anilines is 1. The first-order valence-electron chi connectivity index (χ1n) is 6.83. The minimum atomic E-state index is 0.389. The van der Waals surface area contributed by atoms with Gasteiger partial charge in [-0.25, -0.2) is 15.0 Å². The maximum absolute atomic E-state index is 6.01. The van der Waals surface area contributed by atoms with Crippen molar-refractivity contribution in [2.75, 3.05) is 12.4 Å². The molecule has 3 aromatic rings. The molecule has 0 atom stereocenters. The molecule has 1 aromatic carbocycles. The Balaban J connectivity index is 1.79. The third kappa shape index (κ3) is 3.03. The quantitative estimate of drug-likeness (QED) is 0.784. The van der Waals surface area contributed by atoms with Crippen LogP contribution >= 0.6 is 11.6 Å². The zero-order valence-electron chi connectivity index (χ0n) is 12.4. The van der Waals surface area contributed by atoms with Crippen LogP contribution in [0.3, 0.4) is 0 Å². The van der Waals surface area contributed by atoms with Crippen LogP contribution in [-0.2, 0) is 24.9 Å². The maximum atomic E-state index is 6.01. The van der Waals surface area contributed by atoms with Crippen LogP contribution in [0.5, 0.6) is 0 Å². The van der Waals surface area contributed by atoms with Crippen molar-refractivity contribution in [3.8, 4) is 0 Å². The molecule has 0 aliphatic carbocycles. The fraction of sp³-hybridized carbons (Fsp3) is 0.267. The molecule has 0 radical (unpaired) electrons. The number of ether oxygens (including phenoxy) is 1. The van der Waals surface area contributed by atoms with E-state index in [9.17, 15) is 0 Å². The molecule has 0 bridgehead atoms. The van der Waals surface area contributed by atoms with Crippen molar-refractivity contribution in [1.29, 1.82) is 0 Å². The first-order chi connectivity index (χ1) is 10.7. The summed E-state index contributed by atoms with van der Waals surface area (Å²) in [5.41, 5.74) is 1.93. The zero-order chi connectivity index (χ0) is 15.5. The van der Waals surface area contributed by atoms with E-state index in [0.29, 0.717) is 24.0 Å². The third-order valence-corrected chi connectivity index (χ3v) is 3.58. The number of hydrogen-bond donors (Lipinski definition) is 1. The number of aromatic nitrogens is 4. The molecule has 0 amide bonds. The van der Waals surface area contributed by atoms with E-state index >= 15 is 0 Å². The second kappa shape index (κ2) is 6.29. The van der Waals surface area contributed by atoms with Crippen molar-refractivity contribution >= 4 is 28.5 Å². The van der Waals surface area contributed by atoms with Crippen molar-refractivity contribution in [3.63, 3.8) is 0 Å². The summed E-state index contributed by atoms with van der Waals surface area (Å²) >= 11 is 6.01. The van der Waals surface area contributed by atoms with Gasteiger partial charge in [-0.2, -0.15) is 0 Å². The van der Waals surface area contributed by atoms with Crippen molar-refractivity contribution in [1.82, 2.24) is 19.5 Å². The smallest absolute Gasteiger partial charge is 0.156 e. The average molecular weight is 318 g/mol. The number of hydrogen-bond acceptors (Lipinski definition) is 5. The molecular formula is C15H16ClN5O. The molecule has 0 saturated carbocycles. The van der Waals surface area contributed by atoms with Gasteiger partial charge in [0.2, 0.25) is 0 Å². The number of methoxy groups -OCH3 is 1. The first kappa shape index (κ1) is 14.7. The summed E-state index contributed by atoms with van der Waals surface area (Å²) in [6, 6.07) is 7.51.